The molecule has 0 aliphatic carbocycles. The maximum absolute atomic E-state index is 3.65. The van der Waals surface area contributed by atoms with Crippen LogP contribution < -0.4 is 5.32 Å². The molecule has 0 amide bonds. The van der Waals surface area contributed by atoms with Gasteiger partial charge in [0.25, 0.3) is 0 Å². The average Bonchev–Trinajstić information content (AvgIpc) is 2.36. The molecule has 0 radical (unpaired) electrons. The van der Waals surface area contributed by atoms with Crippen molar-refractivity contribution in [1.29, 1.82) is 0 Å². The number of benzene rings is 1. The third-order valence-corrected chi connectivity index (χ3v) is 3.84. The van der Waals surface area contributed by atoms with Gasteiger partial charge in [-0.15, -0.1) is 0 Å². The second-order valence-electron chi connectivity index (χ2n) is 7.31. The molecule has 0 saturated carbocycles. The first-order valence-electron chi connectivity index (χ1n) is 8.18. The predicted molar refractivity (Wildman–Crippen MR) is 90.1 cm³/mol. The lowest BCUT2D eigenvalue weighted by Crippen LogP contribution is -2.24. The first kappa shape index (κ1) is 17.2. The lowest BCUT2D eigenvalue weighted by atomic mass is 9.82. The summed E-state index contributed by atoms with van der Waals surface area (Å²) in [6.45, 7) is 14.8. The fourth-order valence-corrected chi connectivity index (χ4v) is 3.10. The van der Waals surface area contributed by atoms with E-state index in [-0.39, 0.29) is 0 Å². The van der Waals surface area contributed by atoms with Crippen molar-refractivity contribution in [2.24, 2.45) is 11.3 Å². The molecule has 0 fully saturated rings. The molecule has 0 bridgehead atoms. The predicted octanol–water partition coefficient (Wildman–Crippen LogP) is 5.36. The van der Waals surface area contributed by atoms with Gasteiger partial charge in [0.2, 0.25) is 0 Å². The van der Waals surface area contributed by atoms with Crippen molar-refractivity contribution in [1.82, 2.24) is 5.32 Å². The average molecular weight is 275 g/mol. The van der Waals surface area contributed by atoms with Gasteiger partial charge in [0, 0.05) is 6.04 Å². The second kappa shape index (κ2) is 7.83. The van der Waals surface area contributed by atoms with E-state index in [1.54, 1.807) is 0 Å². The van der Waals surface area contributed by atoms with Crippen LogP contribution >= 0.6 is 0 Å². The Morgan fingerprint density at radius 1 is 1.05 bits per heavy atom. The second-order valence-corrected chi connectivity index (χ2v) is 7.31. The molecule has 20 heavy (non-hydrogen) atoms. The minimum absolute atomic E-state index is 0.419. The van der Waals surface area contributed by atoms with Crippen LogP contribution in [0.5, 0.6) is 0 Å². The van der Waals surface area contributed by atoms with Crippen molar-refractivity contribution in [2.45, 2.75) is 66.8 Å². The monoisotopic (exact) mass is 275 g/mol. The number of hydrogen-bond acceptors (Lipinski definition) is 1. The number of nitrogens with one attached hydrogen (secondary N) is 1. The van der Waals surface area contributed by atoms with E-state index in [1.165, 1.54) is 24.0 Å². The normalized spacial score (nSPS) is 15.1. The fourth-order valence-electron chi connectivity index (χ4n) is 3.10. The van der Waals surface area contributed by atoms with Crippen LogP contribution in [0.15, 0.2) is 24.3 Å². The molecule has 1 heteroatoms. The van der Waals surface area contributed by atoms with Crippen molar-refractivity contribution < 1.29 is 0 Å². The van der Waals surface area contributed by atoms with E-state index in [0.717, 1.165) is 18.9 Å². The van der Waals surface area contributed by atoms with E-state index in [2.05, 4.69) is 71.1 Å². The van der Waals surface area contributed by atoms with Gasteiger partial charge < -0.3 is 5.32 Å². The van der Waals surface area contributed by atoms with Gasteiger partial charge in [-0.1, -0.05) is 65.8 Å². The molecule has 1 N–H and O–H groups in total. The zero-order valence-electron chi connectivity index (χ0n) is 14.3. The van der Waals surface area contributed by atoms with E-state index in [4.69, 9.17) is 0 Å². The van der Waals surface area contributed by atoms with Crippen LogP contribution in [0.2, 0.25) is 0 Å². The summed E-state index contributed by atoms with van der Waals surface area (Å²) in [7, 11) is 0. The van der Waals surface area contributed by atoms with Crippen LogP contribution in [0, 0.1) is 11.3 Å². The van der Waals surface area contributed by atoms with Gasteiger partial charge in [0.05, 0.1) is 0 Å². The third-order valence-electron chi connectivity index (χ3n) is 3.84. The van der Waals surface area contributed by atoms with Gasteiger partial charge in [0.15, 0.2) is 0 Å². The largest absolute Gasteiger partial charge is 0.310 e. The molecule has 0 spiro atoms. The Labute approximate surface area is 126 Å². The van der Waals surface area contributed by atoms with Crippen molar-refractivity contribution in [3.63, 3.8) is 0 Å². The van der Waals surface area contributed by atoms with Gasteiger partial charge in [-0.25, -0.2) is 0 Å². The first-order valence-corrected chi connectivity index (χ1v) is 8.18. The van der Waals surface area contributed by atoms with E-state index in [1.807, 2.05) is 0 Å². The lowest BCUT2D eigenvalue weighted by Gasteiger charge is -2.27. The molecule has 1 aromatic carbocycles. The van der Waals surface area contributed by atoms with Crippen LogP contribution in [0.25, 0.3) is 0 Å². The Morgan fingerprint density at radius 2 is 1.65 bits per heavy atom. The Balaban J connectivity index is 2.72. The van der Waals surface area contributed by atoms with Gasteiger partial charge in [-0.05, 0) is 48.3 Å². The molecule has 0 aliphatic heterocycles. The highest BCUT2D eigenvalue weighted by molar-refractivity contribution is 5.25. The number of aryl methyl sites for hydroxylation is 1. The number of rotatable bonds is 7. The van der Waals surface area contributed by atoms with Crippen molar-refractivity contribution >= 4 is 0 Å². The fraction of sp³-hybridized carbons (Fsp3) is 0.684. The standard InChI is InChI=1S/C19H33N/c1-7-16-9-11-17(12-10-16)18(20-8-2)13-15(3)14-19(4,5)6/h9-12,15,18,20H,7-8,13-14H2,1-6H3. The molecule has 1 nitrogen and oxygen atoms in total. The minimum Gasteiger partial charge on any atom is -0.310 e. The first-order chi connectivity index (χ1) is 9.35. The Bertz CT molecular complexity index is 372. The van der Waals surface area contributed by atoms with Crippen LogP contribution in [-0.2, 0) is 6.42 Å². The van der Waals surface area contributed by atoms with Crippen molar-refractivity contribution in [3.8, 4) is 0 Å². The molecular formula is C19H33N. The molecular weight excluding hydrogens is 242 g/mol. The van der Waals surface area contributed by atoms with Crippen LogP contribution in [-0.4, -0.2) is 6.54 Å². The summed E-state index contributed by atoms with van der Waals surface area (Å²) in [6, 6.07) is 9.64. The molecule has 1 rings (SSSR count). The molecule has 1 aromatic rings. The quantitative estimate of drug-likeness (QED) is 0.706. The molecule has 0 aromatic heterocycles. The molecule has 0 saturated heterocycles. The van der Waals surface area contributed by atoms with Crippen LogP contribution in [0.4, 0.5) is 0 Å². The highest BCUT2D eigenvalue weighted by atomic mass is 14.9. The lowest BCUT2D eigenvalue weighted by molar-refractivity contribution is 0.276. The summed E-state index contributed by atoms with van der Waals surface area (Å²) < 4.78 is 0. The Morgan fingerprint density at radius 3 is 2.10 bits per heavy atom. The molecule has 2 unspecified atom stereocenters. The zero-order chi connectivity index (χ0) is 15.2. The zero-order valence-corrected chi connectivity index (χ0v) is 14.3. The highest BCUT2D eigenvalue weighted by Gasteiger charge is 2.19. The summed E-state index contributed by atoms with van der Waals surface area (Å²) in [6.07, 6.45) is 3.62. The highest BCUT2D eigenvalue weighted by Crippen LogP contribution is 2.30. The van der Waals surface area contributed by atoms with Crippen molar-refractivity contribution in [3.05, 3.63) is 35.4 Å². The summed E-state index contributed by atoms with van der Waals surface area (Å²) in [5.74, 6) is 0.741. The third kappa shape index (κ3) is 6.09. The van der Waals surface area contributed by atoms with E-state index < -0.39 is 0 Å². The van der Waals surface area contributed by atoms with Crippen LogP contribution in [0.3, 0.4) is 0 Å². The SMILES string of the molecule is CCNC(CC(C)CC(C)(C)C)c1ccc(CC)cc1. The summed E-state index contributed by atoms with van der Waals surface area (Å²) in [4.78, 5) is 0. The van der Waals surface area contributed by atoms with E-state index in [9.17, 15) is 0 Å². The van der Waals surface area contributed by atoms with Crippen LogP contribution in [0.1, 0.15) is 71.6 Å². The maximum Gasteiger partial charge on any atom is 0.0322 e. The van der Waals surface area contributed by atoms with Crippen molar-refractivity contribution in [2.75, 3.05) is 6.54 Å². The molecule has 114 valence electrons. The smallest absolute Gasteiger partial charge is 0.0322 e. The molecule has 0 heterocycles. The Kier molecular flexibility index (Phi) is 6.75. The number of hydrogen-bond donors (Lipinski definition) is 1. The summed E-state index contributed by atoms with van der Waals surface area (Å²) >= 11 is 0. The van der Waals surface area contributed by atoms with E-state index in [0.29, 0.717) is 11.5 Å². The van der Waals surface area contributed by atoms with Gasteiger partial charge in [-0.2, -0.15) is 0 Å². The van der Waals surface area contributed by atoms with Gasteiger partial charge >= 0.3 is 0 Å². The summed E-state index contributed by atoms with van der Waals surface area (Å²) in [5.41, 5.74) is 3.28. The van der Waals surface area contributed by atoms with E-state index >= 15 is 0 Å². The Hall–Kier alpha value is -0.820. The van der Waals surface area contributed by atoms with Gasteiger partial charge in [-0.3, -0.25) is 0 Å². The maximum atomic E-state index is 3.65. The summed E-state index contributed by atoms with van der Waals surface area (Å²) in [5, 5.41) is 3.65. The molecule has 0 aliphatic rings. The van der Waals surface area contributed by atoms with Gasteiger partial charge in [0.1, 0.15) is 0 Å². The topological polar surface area (TPSA) is 12.0 Å². The molecule has 2 atom stereocenters. The minimum atomic E-state index is 0.419.